The number of carbonyl (C=O) groups is 2. The van der Waals surface area contributed by atoms with Crippen molar-refractivity contribution in [2.24, 2.45) is 7.05 Å². The number of nitrogens with one attached hydrogen (secondary N) is 2. The van der Waals surface area contributed by atoms with Crippen LogP contribution in [0.5, 0.6) is 5.75 Å². The van der Waals surface area contributed by atoms with E-state index < -0.39 is 0 Å². The summed E-state index contributed by atoms with van der Waals surface area (Å²) in [5.74, 6) is 0.559. The SMILES string of the molecule is Cn1cc(-c2ccc3c(c2)NC(=O)CN2CCN(C(=O)NC4CC4)C[C@H]2CO3)cn1. The van der Waals surface area contributed by atoms with Crippen LogP contribution >= 0.6 is 0 Å². The van der Waals surface area contributed by atoms with Gasteiger partial charge in [0.05, 0.1) is 24.5 Å². The summed E-state index contributed by atoms with van der Waals surface area (Å²) in [5.41, 5.74) is 2.60. The van der Waals surface area contributed by atoms with Gasteiger partial charge in [-0.25, -0.2) is 4.79 Å². The molecule has 1 aliphatic carbocycles. The lowest BCUT2D eigenvalue weighted by atomic mass is 10.1. The molecule has 9 nitrogen and oxygen atoms in total. The minimum Gasteiger partial charge on any atom is -0.490 e. The largest absolute Gasteiger partial charge is 0.490 e. The van der Waals surface area contributed by atoms with E-state index in [9.17, 15) is 9.59 Å². The summed E-state index contributed by atoms with van der Waals surface area (Å²) in [7, 11) is 1.87. The van der Waals surface area contributed by atoms with E-state index in [1.807, 2.05) is 36.3 Å². The van der Waals surface area contributed by atoms with E-state index in [0.717, 1.165) is 24.0 Å². The number of nitrogens with zero attached hydrogens (tertiary/aromatic N) is 4. The molecule has 2 fully saturated rings. The molecular formula is C21H26N6O3. The quantitative estimate of drug-likeness (QED) is 0.778. The molecule has 3 amide bonds. The Hall–Kier alpha value is -3.07. The number of fused-ring (bicyclic) bond motifs is 2. The van der Waals surface area contributed by atoms with Gasteiger partial charge in [0.2, 0.25) is 5.91 Å². The number of aromatic nitrogens is 2. The molecule has 30 heavy (non-hydrogen) atoms. The summed E-state index contributed by atoms with van der Waals surface area (Å²) in [6.45, 7) is 2.51. The van der Waals surface area contributed by atoms with Crippen LogP contribution in [0.1, 0.15) is 12.8 Å². The summed E-state index contributed by atoms with van der Waals surface area (Å²) in [6, 6.07) is 6.06. The predicted octanol–water partition coefficient (Wildman–Crippen LogP) is 1.28. The molecule has 1 aromatic heterocycles. The van der Waals surface area contributed by atoms with E-state index in [1.54, 1.807) is 10.9 Å². The first-order chi connectivity index (χ1) is 14.5. The molecule has 9 heteroatoms. The van der Waals surface area contributed by atoms with Crippen LogP contribution in [-0.2, 0) is 11.8 Å². The van der Waals surface area contributed by atoms with Gasteiger partial charge in [-0.15, -0.1) is 0 Å². The van der Waals surface area contributed by atoms with Gasteiger partial charge in [0.1, 0.15) is 12.4 Å². The maximum Gasteiger partial charge on any atom is 0.317 e. The molecule has 1 saturated carbocycles. The molecule has 5 rings (SSSR count). The van der Waals surface area contributed by atoms with E-state index >= 15 is 0 Å². The van der Waals surface area contributed by atoms with Gasteiger partial charge in [-0.3, -0.25) is 14.4 Å². The summed E-state index contributed by atoms with van der Waals surface area (Å²) in [5, 5.41) is 10.3. The van der Waals surface area contributed by atoms with Crippen molar-refractivity contribution < 1.29 is 14.3 Å². The van der Waals surface area contributed by atoms with E-state index in [4.69, 9.17) is 4.74 Å². The van der Waals surface area contributed by atoms with E-state index in [1.165, 1.54) is 0 Å². The Morgan fingerprint density at radius 2 is 2.13 bits per heavy atom. The maximum absolute atomic E-state index is 12.7. The van der Waals surface area contributed by atoms with Crippen LogP contribution in [0.2, 0.25) is 0 Å². The van der Waals surface area contributed by atoms with Crippen LogP contribution in [0.3, 0.4) is 0 Å². The molecule has 0 spiro atoms. The number of rotatable bonds is 2. The third kappa shape index (κ3) is 3.97. The summed E-state index contributed by atoms with van der Waals surface area (Å²) < 4.78 is 7.85. The number of carbonyl (C=O) groups excluding carboxylic acids is 2. The van der Waals surface area contributed by atoms with E-state index in [-0.39, 0.29) is 24.5 Å². The highest BCUT2D eigenvalue weighted by atomic mass is 16.5. The Bertz CT molecular complexity index is 969. The average Bonchev–Trinajstić information content (AvgIpc) is 3.42. The van der Waals surface area contributed by atoms with Crippen molar-refractivity contribution >= 4 is 17.6 Å². The number of aryl methyl sites for hydroxylation is 1. The minimum absolute atomic E-state index is 0.0111. The number of benzene rings is 1. The molecule has 0 radical (unpaired) electrons. The van der Waals surface area contributed by atoms with Crippen molar-refractivity contribution in [3.63, 3.8) is 0 Å². The minimum atomic E-state index is -0.0778. The van der Waals surface area contributed by atoms with Crippen LogP contribution in [0.4, 0.5) is 10.5 Å². The molecule has 2 aliphatic heterocycles. The molecule has 0 bridgehead atoms. The lowest BCUT2D eigenvalue weighted by Gasteiger charge is -2.40. The Morgan fingerprint density at radius 3 is 2.90 bits per heavy atom. The highest BCUT2D eigenvalue weighted by molar-refractivity contribution is 5.94. The topological polar surface area (TPSA) is 91.7 Å². The fraction of sp³-hybridized carbons (Fsp3) is 0.476. The molecule has 3 heterocycles. The Morgan fingerprint density at radius 1 is 1.27 bits per heavy atom. The molecule has 1 saturated heterocycles. The zero-order valence-electron chi connectivity index (χ0n) is 17.0. The van der Waals surface area contributed by atoms with Crippen molar-refractivity contribution in [2.45, 2.75) is 24.9 Å². The average molecular weight is 410 g/mol. The zero-order chi connectivity index (χ0) is 20.7. The van der Waals surface area contributed by atoms with Gasteiger partial charge in [0.25, 0.3) is 0 Å². The highest BCUT2D eigenvalue weighted by Gasteiger charge is 2.34. The lowest BCUT2D eigenvalue weighted by molar-refractivity contribution is -0.118. The summed E-state index contributed by atoms with van der Waals surface area (Å²) in [6.07, 6.45) is 5.86. The first-order valence-corrected chi connectivity index (χ1v) is 10.4. The van der Waals surface area contributed by atoms with Gasteiger partial charge in [0, 0.05) is 44.5 Å². The summed E-state index contributed by atoms with van der Waals surface area (Å²) in [4.78, 5) is 29.1. The second kappa shape index (κ2) is 7.64. The van der Waals surface area contributed by atoms with E-state index in [0.29, 0.717) is 43.7 Å². The number of hydrogen-bond donors (Lipinski definition) is 2. The number of urea groups is 1. The van der Waals surface area contributed by atoms with Crippen LogP contribution in [-0.4, -0.2) is 76.4 Å². The fourth-order valence-electron chi connectivity index (χ4n) is 4.00. The Labute approximate surface area is 175 Å². The molecule has 2 aromatic rings. The van der Waals surface area contributed by atoms with Crippen molar-refractivity contribution in [3.05, 3.63) is 30.6 Å². The first kappa shape index (κ1) is 18.9. The molecule has 0 unspecified atom stereocenters. The van der Waals surface area contributed by atoms with Crippen molar-refractivity contribution in [3.8, 4) is 16.9 Å². The molecule has 1 atom stereocenters. The van der Waals surface area contributed by atoms with Crippen molar-refractivity contribution in [2.75, 3.05) is 38.1 Å². The number of hydrogen-bond acceptors (Lipinski definition) is 5. The van der Waals surface area contributed by atoms with Crippen LogP contribution in [0, 0.1) is 0 Å². The second-order valence-electron chi connectivity index (χ2n) is 8.27. The first-order valence-electron chi connectivity index (χ1n) is 10.4. The molecular weight excluding hydrogens is 384 g/mol. The summed E-state index contributed by atoms with van der Waals surface area (Å²) >= 11 is 0. The number of ether oxygens (including phenoxy) is 1. The zero-order valence-corrected chi connectivity index (χ0v) is 17.0. The lowest BCUT2D eigenvalue weighted by Crippen LogP contribution is -2.59. The van der Waals surface area contributed by atoms with Crippen LogP contribution in [0.15, 0.2) is 30.6 Å². The fourth-order valence-corrected chi connectivity index (χ4v) is 4.00. The van der Waals surface area contributed by atoms with Gasteiger partial charge in [-0.1, -0.05) is 6.07 Å². The maximum atomic E-state index is 12.7. The van der Waals surface area contributed by atoms with E-state index in [2.05, 4.69) is 20.6 Å². The van der Waals surface area contributed by atoms with Crippen LogP contribution < -0.4 is 15.4 Å². The smallest absolute Gasteiger partial charge is 0.317 e. The number of amides is 3. The standard InChI is InChI=1S/C21H26N6O3/c1-25-10-15(9-22-25)14-2-5-19-18(8-14)24-20(28)12-26-6-7-27(11-17(26)13-30-19)21(29)23-16-3-4-16/h2,5,8-10,16-17H,3-4,6-7,11-13H2,1H3,(H,23,29)(H,24,28)/t17-/m0/s1. The van der Waals surface area contributed by atoms with Gasteiger partial charge < -0.3 is 20.3 Å². The molecule has 3 aliphatic rings. The highest BCUT2D eigenvalue weighted by Crippen LogP contribution is 2.32. The third-order valence-electron chi connectivity index (χ3n) is 5.87. The van der Waals surface area contributed by atoms with Crippen molar-refractivity contribution in [1.29, 1.82) is 0 Å². The number of anilines is 1. The normalized spacial score (nSPS) is 22.0. The van der Waals surface area contributed by atoms with Gasteiger partial charge >= 0.3 is 6.03 Å². The molecule has 158 valence electrons. The third-order valence-corrected chi connectivity index (χ3v) is 5.87. The van der Waals surface area contributed by atoms with Gasteiger partial charge in [-0.2, -0.15) is 5.10 Å². The van der Waals surface area contributed by atoms with Crippen molar-refractivity contribution in [1.82, 2.24) is 24.9 Å². The predicted molar refractivity (Wildman–Crippen MR) is 111 cm³/mol. The van der Waals surface area contributed by atoms with Gasteiger partial charge in [0.15, 0.2) is 0 Å². The molecule has 2 N–H and O–H groups in total. The van der Waals surface area contributed by atoms with Crippen LogP contribution in [0.25, 0.3) is 11.1 Å². The Balaban J connectivity index is 1.34. The second-order valence-corrected chi connectivity index (χ2v) is 8.27. The Kier molecular flexibility index (Phi) is 4.82. The monoisotopic (exact) mass is 410 g/mol. The van der Waals surface area contributed by atoms with Gasteiger partial charge in [-0.05, 0) is 30.5 Å². The number of piperazine rings is 1. The molecule has 1 aromatic carbocycles.